The number of rotatable bonds is 8. The van der Waals surface area contributed by atoms with Gasteiger partial charge >= 0.3 is 0 Å². The number of hydrogen-bond acceptors (Lipinski definition) is 3. The van der Waals surface area contributed by atoms with Gasteiger partial charge in [-0.2, -0.15) is 5.10 Å². The SMILES string of the molecule is Cc1cc(C)n(Cc2ccc(C(=O)N(CCCN)Cc3ccccc3)cc2)n1.Cl. The van der Waals surface area contributed by atoms with Crippen LogP contribution in [0, 0.1) is 13.8 Å². The van der Waals surface area contributed by atoms with Gasteiger partial charge in [-0.3, -0.25) is 9.48 Å². The Labute approximate surface area is 178 Å². The number of carbonyl (C=O) groups is 1. The molecule has 1 heterocycles. The molecular formula is C23H29ClN4O. The molecule has 0 radical (unpaired) electrons. The van der Waals surface area contributed by atoms with Crippen LogP contribution in [-0.2, 0) is 13.1 Å². The fraction of sp³-hybridized carbons (Fsp3) is 0.304. The fourth-order valence-electron chi connectivity index (χ4n) is 3.28. The van der Waals surface area contributed by atoms with Crippen molar-refractivity contribution in [1.82, 2.24) is 14.7 Å². The van der Waals surface area contributed by atoms with E-state index in [-0.39, 0.29) is 18.3 Å². The number of nitrogens with two attached hydrogens (primary N) is 1. The minimum absolute atomic E-state index is 0. The molecule has 0 spiro atoms. The Balaban J connectivity index is 0.00000300. The largest absolute Gasteiger partial charge is 0.334 e. The van der Waals surface area contributed by atoms with Crippen molar-refractivity contribution in [3.05, 3.63) is 88.7 Å². The van der Waals surface area contributed by atoms with Crippen molar-refractivity contribution in [2.24, 2.45) is 5.73 Å². The van der Waals surface area contributed by atoms with Gasteiger partial charge < -0.3 is 10.6 Å². The lowest BCUT2D eigenvalue weighted by molar-refractivity contribution is 0.0742. The summed E-state index contributed by atoms with van der Waals surface area (Å²) in [5, 5.41) is 4.50. The molecule has 2 N–H and O–H groups in total. The predicted octanol–water partition coefficient (Wildman–Crippen LogP) is 3.96. The smallest absolute Gasteiger partial charge is 0.254 e. The summed E-state index contributed by atoms with van der Waals surface area (Å²) in [5.41, 5.74) is 10.8. The lowest BCUT2D eigenvalue weighted by atomic mass is 10.1. The summed E-state index contributed by atoms with van der Waals surface area (Å²) in [6.45, 7) is 6.56. The maximum atomic E-state index is 13.0. The number of amides is 1. The second-order valence-corrected chi connectivity index (χ2v) is 7.14. The van der Waals surface area contributed by atoms with Crippen LogP contribution in [0.2, 0.25) is 0 Å². The molecule has 0 atom stereocenters. The number of hydrogen-bond donors (Lipinski definition) is 1. The van der Waals surface area contributed by atoms with E-state index in [1.807, 2.05) is 71.1 Å². The summed E-state index contributed by atoms with van der Waals surface area (Å²) >= 11 is 0. The van der Waals surface area contributed by atoms with Gasteiger partial charge in [0.15, 0.2) is 0 Å². The standard InChI is InChI=1S/C23H28N4O.ClH/c1-18-15-19(2)27(25-18)17-21-9-11-22(12-10-21)23(28)26(14-6-13-24)16-20-7-4-3-5-8-20;/h3-5,7-12,15H,6,13-14,16-17,24H2,1-2H3;1H. The van der Waals surface area contributed by atoms with E-state index in [1.165, 1.54) is 0 Å². The molecule has 0 aliphatic heterocycles. The van der Waals surface area contributed by atoms with Gasteiger partial charge in [0, 0.05) is 24.3 Å². The van der Waals surface area contributed by atoms with Gasteiger partial charge in [-0.25, -0.2) is 0 Å². The maximum Gasteiger partial charge on any atom is 0.254 e. The molecule has 1 aromatic heterocycles. The summed E-state index contributed by atoms with van der Waals surface area (Å²) in [7, 11) is 0. The summed E-state index contributed by atoms with van der Waals surface area (Å²) < 4.78 is 1.98. The molecule has 0 saturated carbocycles. The highest BCUT2D eigenvalue weighted by atomic mass is 35.5. The van der Waals surface area contributed by atoms with Gasteiger partial charge in [-0.05, 0) is 56.1 Å². The molecule has 1 amide bonds. The van der Waals surface area contributed by atoms with Gasteiger partial charge in [-0.1, -0.05) is 42.5 Å². The van der Waals surface area contributed by atoms with E-state index in [9.17, 15) is 4.79 Å². The van der Waals surface area contributed by atoms with Crippen LogP contribution in [-0.4, -0.2) is 33.7 Å². The molecule has 0 saturated heterocycles. The van der Waals surface area contributed by atoms with Crippen molar-refractivity contribution in [2.45, 2.75) is 33.4 Å². The average Bonchev–Trinajstić information content (AvgIpc) is 3.02. The molecule has 3 aromatic rings. The molecule has 0 aliphatic rings. The van der Waals surface area contributed by atoms with Gasteiger partial charge in [0.25, 0.3) is 5.91 Å². The second-order valence-electron chi connectivity index (χ2n) is 7.14. The van der Waals surface area contributed by atoms with E-state index in [4.69, 9.17) is 5.73 Å². The highest BCUT2D eigenvalue weighted by molar-refractivity contribution is 5.94. The van der Waals surface area contributed by atoms with E-state index < -0.39 is 0 Å². The first-order chi connectivity index (χ1) is 13.6. The zero-order valence-electron chi connectivity index (χ0n) is 17.0. The molecule has 29 heavy (non-hydrogen) atoms. The Bertz CT molecular complexity index is 906. The van der Waals surface area contributed by atoms with Crippen LogP contribution in [0.4, 0.5) is 0 Å². The van der Waals surface area contributed by atoms with E-state index in [0.29, 0.717) is 31.7 Å². The molecule has 0 fully saturated rings. The fourth-order valence-corrected chi connectivity index (χ4v) is 3.28. The predicted molar refractivity (Wildman–Crippen MR) is 119 cm³/mol. The third kappa shape index (κ3) is 6.17. The van der Waals surface area contributed by atoms with E-state index in [2.05, 4.69) is 18.1 Å². The van der Waals surface area contributed by atoms with E-state index >= 15 is 0 Å². The summed E-state index contributed by atoms with van der Waals surface area (Å²) in [5.74, 6) is 0.0370. The molecule has 154 valence electrons. The highest BCUT2D eigenvalue weighted by Crippen LogP contribution is 2.13. The number of benzene rings is 2. The molecule has 0 aliphatic carbocycles. The van der Waals surface area contributed by atoms with Gasteiger partial charge in [0.05, 0.1) is 12.2 Å². The van der Waals surface area contributed by atoms with Gasteiger partial charge in [0.1, 0.15) is 0 Å². The minimum atomic E-state index is 0. The lowest BCUT2D eigenvalue weighted by Gasteiger charge is -2.23. The quantitative estimate of drug-likeness (QED) is 0.609. The molecule has 0 bridgehead atoms. The van der Waals surface area contributed by atoms with Crippen LogP contribution in [0.1, 0.15) is 39.3 Å². The Morgan fingerprint density at radius 3 is 2.31 bits per heavy atom. The van der Waals surface area contributed by atoms with Crippen LogP contribution in [0.25, 0.3) is 0 Å². The summed E-state index contributed by atoms with van der Waals surface area (Å²) in [6.07, 6.45) is 0.786. The molecule has 2 aromatic carbocycles. The van der Waals surface area contributed by atoms with Crippen LogP contribution in [0.3, 0.4) is 0 Å². The Kier molecular flexibility index (Phi) is 8.43. The van der Waals surface area contributed by atoms with Gasteiger partial charge in [0.2, 0.25) is 0 Å². The number of carbonyl (C=O) groups excluding carboxylic acids is 1. The zero-order valence-corrected chi connectivity index (χ0v) is 17.9. The summed E-state index contributed by atoms with van der Waals surface area (Å²) in [6, 6.07) is 20.0. The molecule has 0 unspecified atom stereocenters. The van der Waals surface area contributed by atoms with Crippen molar-refractivity contribution in [2.75, 3.05) is 13.1 Å². The molecular weight excluding hydrogens is 384 g/mol. The Morgan fingerprint density at radius 2 is 1.72 bits per heavy atom. The minimum Gasteiger partial charge on any atom is -0.334 e. The third-order valence-electron chi connectivity index (χ3n) is 4.77. The monoisotopic (exact) mass is 412 g/mol. The third-order valence-corrected chi connectivity index (χ3v) is 4.77. The van der Waals surface area contributed by atoms with Crippen molar-refractivity contribution in [3.63, 3.8) is 0 Å². The topological polar surface area (TPSA) is 64.2 Å². The lowest BCUT2D eigenvalue weighted by Crippen LogP contribution is -2.32. The molecule has 3 rings (SSSR count). The van der Waals surface area contributed by atoms with Crippen molar-refractivity contribution in [1.29, 1.82) is 0 Å². The van der Waals surface area contributed by atoms with Crippen molar-refractivity contribution >= 4 is 18.3 Å². The van der Waals surface area contributed by atoms with Crippen LogP contribution in [0.5, 0.6) is 0 Å². The first-order valence-electron chi connectivity index (χ1n) is 9.70. The number of halogens is 1. The average molecular weight is 413 g/mol. The first kappa shape index (κ1) is 22.7. The molecule has 5 nitrogen and oxygen atoms in total. The van der Waals surface area contributed by atoms with E-state index in [0.717, 1.165) is 28.9 Å². The highest BCUT2D eigenvalue weighted by Gasteiger charge is 2.16. The van der Waals surface area contributed by atoms with E-state index in [1.54, 1.807) is 0 Å². The number of aromatic nitrogens is 2. The first-order valence-corrected chi connectivity index (χ1v) is 9.70. The number of nitrogens with zero attached hydrogens (tertiary/aromatic N) is 3. The maximum absolute atomic E-state index is 13.0. The van der Waals surface area contributed by atoms with Gasteiger partial charge in [-0.15, -0.1) is 12.4 Å². The van der Waals surface area contributed by atoms with Crippen molar-refractivity contribution in [3.8, 4) is 0 Å². The summed E-state index contributed by atoms with van der Waals surface area (Å²) in [4.78, 5) is 14.9. The van der Waals surface area contributed by atoms with Crippen LogP contribution < -0.4 is 5.73 Å². The Morgan fingerprint density at radius 1 is 1.03 bits per heavy atom. The Hall–Kier alpha value is -2.63. The van der Waals surface area contributed by atoms with Crippen LogP contribution in [0.15, 0.2) is 60.7 Å². The normalized spacial score (nSPS) is 10.4. The second kappa shape index (κ2) is 10.8. The number of aryl methyl sites for hydroxylation is 2. The molecule has 6 heteroatoms. The zero-order chi connectivity index (χ0) is 19.9. The van der Waals surface area contributed by atoms with Crippen LogP contribution >= 0.6 is 12.4 Å². The van der Waals surface area contributed by atoms with Crippen molar-refractivity contribution < 1.29 is 4.79 Å².